The quantitative estimate of drug-likeness (QED) is 0.847. The van der Waals surface area contributed by atoms with Gasteiger partial charge in [0.2, 0.25) is 0 Å². The topological polar surface area (TPSA) is 55.1 Å². The molecule has 0 radical (unpaired) electrons. The first-order valence-electron chi connectivity index (χ1n) is 5.35. The minimum atomic E-state index is -0.114. The van der Waals surface area contributed by atoms with E-state index in [1.807, 2.05) is 19.9 Å². The van der Waals surface area contributed by atoms with Crippen LogP contribution in [0.3, 0.4) is 0 Å². The minimum absolute atomic E-state index is 0.0193. The van der Waals surface area contributed by atoms with Crippen LogP contribution in [0, 0.1) is 6.92 Å². The van der Waals surface area contributed by atoms with E-state index in [0.717, 1.165) is 12.0 Å². The van der Waals surface area contributed by atoms with Crippen LogP contribution in [0.1, 0.15) is 29.3 Å². The van der Waals surface area contributed by atoms with Crippen LogP contribution in [0.15, 0.2) is 18.2 Å². The zero-order valence-corrected chi connectivity index (χ0v) is 10.3. The number of carbonyl (C=O) groups is 1. The normalized spacial score (nSPS) is 12.2. The first-order chi connectivity index (χ1) is 7.58. The Morgan fingerprint density at radius 1 is 1.56 bits per heavy atom. The highest BCUT2D eigenvalue weighted by atomic mass is 35.5. The van der Waals surface area contributed by atoms with Gasteiger partial charge in [0, 0.05) is 23.2 Å². The molecule has 0 heterocycles. The molecular weight excluding hydrogens is 224 g/mol. The van der Waals surface area contributed by atoms with Gasteiger partial charge in [-0.3, -0.25) is 4.79 Å². The summed E-state index contributed by atoms with van der Waals surface area (Å²) in [6, 6.07) is 5.30. The van der Waals surface area contributed by atoms with Crippen LogP contribution in [0.5, 0.6) is 0 Å². The smallest absolute Gasteiger partial charge is 0.251 e. The molecule has 1 amide bonds. The van der Waals surface area contributed by atoms with Gasteiger partial charge in [-0.15, -0.1) is 0 Å². The molecular formula is C12H17ClN2O. The SMILES string of the molecule is CCC(CN)NC(=O)c1cc(Cl)ccc1C. The maximum atomic E-state index is 11.9. The molecule has 0 aliphatic carbocycles. The van der Waals surface area contributed by atoms with Gasteiger partial charge in [0.15, 0.2) is 0 Å². The largest absolute Gasteiger partial charge is 0.348 e. The molecule has 0 spiro atoms. The Hall–Kier alpha value is -1.06. The molecule has 3 nitrogen and oxygen atoms in total. The Morgan fingerprint density at radius 3 is 2.81 bits per heavy atom. The first-order valence-corrected chi connectivity index (χ1v) is 5.73. The third kappa shape index (κ3) is 3.22. The summed E-state index contributed by atoms with van der Waals surface area (Å²) >= 11 is 5.86. The summed E-state index contributed by atoms with van der Waals surface area (Å²) in [6.07, 6.45) is 0.821. The van der Waals surface area contributed by atoms with Gasteiger partial charge in [-0.2, -0.15) is 0 Å². The molecule has 0 fully saturated rings. The molecule has 1 atom stereocenters. The monoisotopic (exact) mass is 240 g/mol. The van der Waals surface area contributed by atoms with E-state index in [-0.39, 0.29) is 11.9 Å². The number of benzene rings is 1. The van der Waals surface area contributed by atoms with Crippen molar-refractivity contribution in [3.63, 3.8) is 0 Å². The molecule has 1 aromatic carbocycles. The molecule has 0 aromatic heterocycles. The second-order valence-corrected chi connectivity index (χ2v) is 4.21. The van der Waals surface area contributed by atoms with E-state index in [4.69, 9.17) is 17.3 Å². The second-order valence-electron chi connectivity index (χ2n) is 3.77. The summed E-state index contributed by atoms with van der Waals surface area (Å²) in [5, 5.41) is 3.44. The molecule has 3 N–H and O–H groups in total. The molecule has 1 aromatic rings. The minimum Gasteiger partial charge on any atom is -0.348 e. The van der Waals surface area contributed by atoms with E-state index in [1.54, 1.807) is 12.1 Å². The summed E-state index contributed by atoms with van der Waals surface area (Å²) in [7, 11) is 0. The van der Waals surface area contributed by atoms with Crippen LogP contribution in [0.2, 0.25) is 5.02 Å². The lowest BCUT2D eigenvalue weighted by atomic mass is 10.1. The van der Waals surface area contributed by atoms with Crippen LogP contribution in [-0.2, 0) is 0 Å². The molecule has 88 valence electrons. The lowest BCUT2D eigenvalue weighted by Crippen LogP contribution is -2.39. The standard InChI is InChI=1S/C12H17ClN2O/c1-3-10(7-14)15-12(16)11-6-9(13)5-4-8(11)2/h4-6,10H,3,7,14H2,1-2H3,(H,15,16). The van der Waals surface area contributed by atoms with Gasteiger partial charge >= 0.3 is 0 Å². The fraction of sp³-hybridized carbons (Fsp3) is 0.417. The molecule has 16 heavy (non-hydrogen) atoms. The number of hydrogen-bond acceptors (Lipinski definition) is 2. The van der Waals surface area contributed by atoms with Gasteiger partial charge in [-0.25, -0.2) is 0 Å². The van der Waals surface area contributed by atoms with E-state index in [1.165, 1.54) is 0 Å². The van der Waals surface area contributed by atoms with Crippen molar-refractivity contribution >= 4 is 17.5 Å². The fourth-order valence-corrected chi connectivity index (χ4v) is 1.60. The number of aryl methyl sites for hydroxylation is 1. The van der Waals surface area contributed by atoms with Crippen LogP contribution in [0.4, 0.5) is 0 Å². The average molecular weight is 241 g/mol. The van der Waals surface area contributed by atoms with Crippen LogP contribution in [-0.4, -0.2) is 18.5 Å². The zero-order chi connectivity index (χ0) is 12.1. The van der Waals surface area contributed by atoms with E-state index < -0.39 is 0 Å². The van der Waals surface area contributed by atoms with Crippen molar-refractivity contribution in [2.24, 2.45) is 5.73 Å². The van der Waals surface area contributed by atoms with Gasteiger partial charge in [0.1, 0.15) is 0 Å². The Kier molecular flexibility index (Phi) is 4.77. The first kappa shape index (κ1) is 13.0. The molecule has 1 unspecified atom stereocenters. The third-order valence-corrected chi connectivity index (χ3v) is 2.79. The van der Waals surface area contributed by atoms with Crippen LogP contribution < -0.4 is 11.1 Å². The van der Waals surface area contributed by atoms with E-state index >= 15 is 0 Å². The highest BCUT2D eigenvalue weighted by molar-refractivity contribution is 6.31. The zero-order valence-electron chi connectivity index (χ0n) is 9.59. The van der Waals surface area contributed by atoms with Gasteiger partial charge in [-0.05, 0) is 31.0 Å². The number of carbonyl (C=O) groups excluding carboxylic acids is 1. The van der Waals surface area contributed by atoms with Crippen molar-refractivity contribution in [1.29, 1.82) is 0 Å². The van der Waals surface area contributed by atoms with Gasteiger partial charge in [0.25, 0.3) is 5.91 Å². The fourth-order valence-electron chi connectivity index (χ4n) is 1.43. The summed E-state index contributed by atoms with van der Waals surface area (Å²) in [5.41, 5.74) is 7.06. The van der Waals surface area contributed by atoms with Crippen LogP contribution >= 0.6 is 11.6 Å². The summed E-state index contributed by atoms with van der Waals surface area (Å²) in [4.78, 5) is 11.9. The molecule has 0 saturated heterocycles. The Morgan fingerprint density at radius 2 is 2.25 bits per heavy atom. The predicted molar refractivity (Wildman–Crippen MR) is 66.8 cm³/mol. The Balaban J connectivity index is 2.83. The van der Waals surface area contributed by atoms with E-state index in [2.05, 4.69) is 5.32 Å². The number of rotatable bonds is 4. The molecule has 0 aliphatic heterocycles. The third-order valence-electron chi connectivity index (χ3n) is 2.56. The lowest BCUT2D eigenvalue weighted by Gasteiger charge is -2.15. The van der Waals surface area contributed by atoms with Crippen molar-refractivity contribution in [3.8, 4) is 0 Å². The summed E-state index contributed by atoms with van der Waals surface area (Å²) < 4.78 is 0. The maximum Gasteiger partial charge on any atom is 0.251 e. The highest BCUT2D eigenvalue weighted by Crippen LogP contribution is 2.15. The van der Waals surface area contributed by atoms with Crippen LogP contribution in [0.25, 0.3) is 0 Å². The average Bonchev–Trinajstić information content (AvgIpc) is 2.28. The number of halogens is 1. The maximum absolute atomic E-state index is 11.9. The number of nitrogens with one attached hydrogen (secondary N) is 1. The summed E-state index contributed by atoms with van der Waals surface area (Å²) in [5.74, 6) is -0.114. The number of amides is 1. The summed E-state index contributed by atoms with van der Waals surface area (Å²) in [6.45, 7) is 4.32. The van der Waals surface area contributed by atoms with Gasteiger partial charge in [-0.1, -0.05) is 24.6 Å². The molecule has 0 saturated carbocycles. The second kappa shape index (κ2) is 5.87. The van der Waals surface area contributed by atoms with E-state index in [0.29, 0.717) is 17.1 Å². The molecule has 1 rings (SSSR count). The van der Waals surface area contributed by atoms with Crippen molar-refractivity contribution in [3.05, 3.63) is 34.3 Å². The van der Waals surface area contributed by atoms with Crippen molar-refractivity contribution < 1.29 is 4.79 Å². The molecule has 0 aliphatic rings. The predicted octanol–water partition coefficient (Wildman–Crippen LogP) is 2.12. The van der Waals surface area contributed by atoms with Crippen molar-refractivity contribution in [2.45, 2.75) is 26.3 Å². The number of hydrogen-bond donors (Lipinski definition) is 2. The van der Waals surface area contributed by atoms with Crippen molar-refractivity contribution in [1.82, 2.24) is 5.32 Å². The lowest BCUT2D eigenvalue weighted by molar-refractivity contribution is 0.0936. The van der Waals surface area contributed by atoms with Gasteiger partial charge < -0.3 is 11.1 Å². The van der Waals surface area contributed by atoms with Gasteiger partial charge in [0.05, 0.1) is 0 Å². The van der Waals surface area contributed by atoms with Crippen molar-refractivity contribution in [2.75, 3.05) is 6.54 Å². The van der Waals surface area contributed by atoms with E-state index in [9.17, 15) is 4.79 Å². The number of nitrogens with two attached hydrogens (primary N) is 1. The Bertz CT molecular complexity index is 375. The highest BCUT2D eigenvalue weighted by Gasteiger charge is 2.13. The Labute approximate surface area is 101 Å². The molecule has 0 bridgehead atoms. The molecule has 4 heteroatoms.